The third-order valence-electron chi connectivity index (χ3n) is 3.21. The van der Waals surface area contributed by atoms with Gasteiger partial charge in [0.25, 0.3) is 0 Å². The van der Waals surface area contributed by atoms with Crippen LogP contribution in [0.2, 0.25) is 5.02 Å². The molecule has 2 nitrogen and oxygen atoms in total. The Bertz CT molecular complexity index is 384. The predicted octanol–water partition coefficient (Wildman–Crippen LogP) is 2.74. The second-order valence-corrected chi connectivity index (χ2v) is 4.64. The van der Waals surface area contributed by atoms with Crippen LogP contribution in [-0.2, 0) is 0 Å². The van der Waals surface area contributed by atoms with Crippen molar-refractivity contribution in [1.29, 1.82) is 0 Å². The molecule has 0 spiro atoms. The highest BCUT2D eigenvalue weighted by atomic mass is 35.5. The molecule has 82 valence electrons. The molecule has 2 N–H and O–H groups in total. The van der Waals surface area contributed by atoms with Gasteiger partial charge in [-0.2, -0.15) is 0 Å². The molecule has 15 heavy (non-hydrogen) atoms. The van der Waals surface area contributed by atoms with E-state index < -0.39 is 0 Å². The van der Waals surface area contributed by atoms with Crippen LogP contribution in [0.25, 0.3) is 0 Å². The Morgan fingerprint density at radius 2 is 2.20 bits per heavy atom. The molecule has 0 bridgehead atoms. The van der Waals surface area contributed by atoms with E-state index in [0.717, 1.165) is 30.6 Å². The number of aryl methyl sites for hydroxylation is 1. The maximum absolute atomic E-state index is 9.88. The maximum atomic E-state index is 9.88. The van der Waals surface area contributed by atoms with E-state index in [0.29, 0.717) is 10.9 Å². The number of hydrogen-bond donors (Lipinski definition) is 2. The first-order valence-electron chi connectivity index (χ1n) is 5.30. The van der Waals surface area contributed by atoms with E-state index in [4.69, 9.17) is 11.6 Å². The van der Waals surface area contributed by atoms with Crippen LogP contribution in [0.5, 0.6) is 5.75 Å². The molecule has 1 atom stereocenters. The van der Waals surface area contributed by atoms with Crippen LogP contribution in [0.15, 0.2) is 6.07 Å². The summed E-state index contributed by atoms with van der Waals surface area (Å²) in [6.45, 7) is 5.94. The zero-order chi connectivity index (χ0) is 11.0. The molecule has 1 aromatic carbocycles. The fourth-order valence-corrected chi connectivity index (χ4v) is 2.43. The molecule has 0 radical (unpaired) electrons. The Morgan fingerprint density at radius 1 is 1.47 bits per heavy atom. The van der Waals surface area contributed by atoms with Crippen molar-refractivity contribution in [3.05, 3.63) is 27.8 Å². The molecule has 1 aliphatic heterocycles. The van der Waals surface area contributed by atoms with E-state index in [-0.39, 0.29) is 5.75 Å². The summed E-state index contributed by atoms with van der Waals surface area (Å²) in [6.07, 6.45) is 1.14. The first-order chi connectivity index (χ1) is 7.11. The first kappa shape index (κ1) is 10.8. The zero-order valence-corrected chi connectivity index (χ0v) is 9.86. The standard InChI is InChI=1S/C12H16ClNO/c1-7-5-10(9-3-4-14-6-9)8(2)12(15)11(7)13/h5,9,14-15H,3-4,6H2,1-2H3. The van der Waals surface area contributed by atoms with Gasteiger partial charge in [-0.1, -0.05) is 17.7 Å². The Morgan fingerprint density at radius 3 is 2.80 bits per heavy atom. The van der Waals surface area contributed by atoms with Crippen LogP contribution >= 0.6 is 11.6 Å². The van der Waals surface area contributed by atoms with Crippen LogP contribution in [-0.4, -0.2) is 18.2 Å². The molecule has 3 heteroatoms. The molecule has 1 fully saturated rings. The monoisotopic (exact) mass is 225 g/mol. The fourth-order valence-electron chi connectivity index (χ4n) is 2.24. The lowest BCUT2D eigenvalue weighted by Crippen LogP contribution is -2.09. The molecule has 1 saturated heterocycles. The summed E-state index contributed by atoms with van der Waals surface area (Å²) >= 11 is 6.00. The summed E-state index contributed by atoms with van der Waals surface area (Å²) in [4.78, 5) is 0. The summed E-state index contributed by atoms with van der Waals surface area (Å²) in [5.74, 6) is 0.769. The summed E-state index contributed by atoms with van der Waals surface area (Å²) in [7, 11) is 0. The third kappa shape index (κ3) is 1.84. The highest BCUT2D eigenvalue weighted by Crippen LogP contribution is 2.37. The van der Waals surface area contributed by atoms with Gasteiger partial charge in [-0.3, -0.25) is 0 Å². The zero-order valence-electron chi connectivity index (χ0n) is 9.10. The maximum Gasteiger partial charge on any atom is 0.137 e. The van der Waals surface area contributed by atoms with Gasteiger partial charge in [0.1, 0.15) is 5.75 Å². The van der Waals surface area contributed by atoms with Crippen molar-refractivity contribution in [1.82, 2.24) is 5.32 Å². The molecule has 1 unspecified atom stereocenters. The Kier molecular flexibility index (Phi) is 2.89. The lowest BCUT2D eigenvalue weighted by molar-refractivity contribution is 0.469. The Balaban J connectivity index is 2.47. The second kappa shape index (κ2) is 4.03. The molecule has 0 saturated carbocycles. The Labute approximate surface area is 95.3 Å². The number of phenolic OH excluding ortho intramolecular Hbond substituents is 1. The van der Waals surface area contributed by atoms with Gasteiger partial charge in [-0.05, 0) is 49.4 Å². The van der Waals surface area contributed by atoms with E-state index in [1.54, 1.807) is 0 Å². The minimum Gasteiger partial charge on any atom is -0.506 e. The molecule has 2 rings (SSSR count). The topological polar surface area (TPSA) is 32.3 Å². The molecule has 0 amide bonds. The van der Waals surface area contributed by atoms with Crippen LogP contribution in [0.1, 0.15) is 29.0 Å². The minimum absolute atomic E-state index is 0.249. The van der Waals surface area contributed by atoms with Gasteiger partial charge in [0.2, 0.25) is 0 Å². The highest BCUT2D eigenvalue weighted by Gasteiger charge is 2.21. The molecular weight excluding hydrogens is 210 g/mol. The highest BCUT2D eigenvalue weighted by molar-refractivity contribution is 6.32. The molecule has 1 aliphatic rings. The van der Waals surface area contributed by atoms with E-state index in [9.17, 15) is 5.11 Å². The number of halogens is 1. The van der Waals surface area contributed by atoms with Gasteiger partial charge in [-0.15, -0.1) is 0 Å². The third-order valence-corrected chi connectivity index (χ3v) is 3.69. The summed E-state index contributed by atoms with van der Waals surface area (Å²) < 4.78 is 0. The van der Waals surface area contributed by atoms with Gasteiger partial charge in [0.05, 0.1) is 5.02 Å². The average molecular weight is 226 g/mol. The van der Waals surface area contributed by atoms with Crippen LogP contribution < -0.4 is 5.32 Å². The molecule has 0 aliphatic carbocycles. The first-order valence-corrected chi connectivity index (χ1v) is 5.68. The van der Waals surface area contributed by atoms with E-state index >= 15 is 0 Å². The van der Waals surface area contributed by atoms with Crippen molar-refractivity contribution in [2.24, 2.45) is 0 Å². The lowest BCUT2D eigenvalue weighted by Gasteiger charge is -2.16. The minimum atomic E-state index is 0.249. The normalized spacial score (nSPS) is 20.9. The van der Waals surface area contributed by atoms with Gasteiger partial charge in [0.15, 0.2) is 0 Å². The summed E-state index contributed by atoms with van der Waals surface area (Å²) in [5.41, 5.74) is 3.13. The lowest BCUT2D eigenvalue weighted by atomic mass is 9.92. The Hall–Kier alpha value is -0.730. The summed E-state index contributed by atoms with van der Waals surface area (Å²) in [5, 5.41) is 13.7. The molecule has 1 heterocycles. The van der Waals surface area contributed by atoms with Gasteiger partial charge in [0, 0.05) is 6.54 Å². The largest absolute Gasteiger partial charge is 0.506 e. The van der Waals surface area contributed by atoms with E-state index in [1.165, 1.54) is 5.56 Å². The quantitative estimate of drug-likeness (QED) is 0.771. The van der Waals surface area contributed by atoms with Crippen molar-refractivity contribution in [3.8, 4) is 5.75 Å². The van der Waals surface area contributed by atoms with E-state index in [2.05, 4.69) is 11.4 Å². The van der Waals surface area contributed by atoms with E-state index in [1.807, 2.05) is 13.8 Å². The van der Waals surface area contributed by atoms with Gasteiger partial charge in [-0.25, -0.2) is 0 Å². The second-order valence-electron chi connectivity index (χ2n) is 4.26. The number of benzene rings is 1. The molecular formula is C12H16ClNO. The van der Waals surface area contributed by atoms with Crippen molar-refractivity contribution < 1.29 is 5.11 Å². The predicted molar refractivity (Wildman–Crippen MR) is 62.8 cm³/mol. The van der Waals surface area contributed by atoms with Gasteiger partial charge < -0.3 is 10.4 Å². The number of phenols is 1. The van der Waals surface area contributed by atoms with Crippen LogP contribution in [0, 0.1) is 13.8 Å². The number of hydrogen-bond acceptors (Lipinski definition) is 2. The smallest absolute Gasteiger partial charge is 0.137 e. The van der Waals surface area contributed by atoms with Crippen LogP contribution in [0.3, 0.4) is 0 Å². The molecule has 1 aromatic rings. The van der Waals surface area contributed by atoms with Crippen molar-refractivity contribution in [2.75, 3.05) is 13.1 Å². The average Bonchev–Trinajstić information content (AvgIpc) is 2.73. The fraction of sp³-hybridized carbons (Fsp3) is 0.500. The summed E-state index contributed by atoms with van der Waals surface area (Å²) in [6, 6.07) is 2.11. The number of aromatic hydroxyl groups is 1. The van der Waals surface area contributed by atoms with Crippen molar-refractivity contribution in [2.45, 2.75) is 26.2 Å². The molecule has 0 aromatic heterocycles. The van der Waals surface area contributed by atoms with Gasteiger partial charge >= 0.3 is 0 Å². The SMILES string of the molecule is Cc1cc(C2CCNC2)c(C)c(O)c1Cl. The van der Waals surface area contributed by atoms with Crippen LogP contribution in [0.4, 0.5) is 0 Å². The number of nitrogens with one attached hydrogen (secondary N) is 1. The van der Waals surface area contributed by atoms with Crippen molar-refractivity contribution in [3.63, 3.8) is 0 Å². The van der Waals surface area contributed by atoms with Crippen molar-refractivity contribution >= 4 is 11.6 Å². The number of rotatable bonds is 1.